The van der Waals surface area contributed by atoms with Gasteiger partial charge >= 0.3 is 8.56 Å². The molecule has 4 nitrogen and oxygen atoms in total. The van der Waals surface area contributed by atoms with E-state index in [0.29, 0.717) is 13.2 Å². The molecule has 0 aromatic heterocycles. The maximum Gasteiger partial charge on any atom is 0.395 e. The van der Waals surface area contributed by atoms with Crippen LogP contribution in [0.2, 0.25) is 12.6 Å². The second-order valence-corrected chi connectivity index (χ2v) is 11.6. The summed E-state index contributed by atoms with van der Waals surface area (Å²) >= 11 is 0. The van der Waals surface area contributed by atoms with Gasteiger partial charge in [0.15, 0.2) is 0 Å². The molecule has 0 spiro atoms. The predicted molar refractivity (Wildman–Crippen MR) is 106 cm³/mol. The van der Waals surface area contributed by atoms with Crippen LogP contribution in [0.15, 0.2) is 23.5 Å². The molecule has 0 saturated carbocycles. The quantitative estimate of drug-likeness (QED) is 0.486. The van der Waals surface area contributed by atoms with Gasteiger partial charge in [-0.25, -0.2) is 0 Å². The van der Waals surface area contributed by atoms with Crippen molar-refractivity contribution >= 4 is 8.56 Å². The minimum atomic E-state index is -2.13. The van der Waals surface area contributed by atoms with Gasteiger partial charge < -0.3 is 18.3 Å². The zero-order valence-corrected chi connectivity index (χ0v) is 18.5. The van der Waals surface area contributed by atoms with Crippen LogP contribution in [0.4, 0.5) is 0 Å². The number of hydrogen-bond donors (Lipinski definition) is 0. The number of methoxy groups -OCH3 is 1. The van der Waals surface area contributed by atoms with E-state index < -0.39 is 8.56 Å². The van der Waals surface area contributed by atoms with Gasteiger partial charge in [0.1, 0.15) is 5.76 Å². The van der Waals surface area contributed by atoms with Crippen molar-refractivity contribution < 1.29 is 18.3 Å². The fourth-order valence-electron chi connectivity index (χ4n) is 2.71. The third-order valence-corrected chi connectivity index (χ3v) is 7.49. The molecular weight excluding hydrogens is 332 g/mol. The van der Waals surface area contributed by atoms with Crippen LogP contribution < -0.4 is 0 Å². The topological polar surface area (TPSA) is 36.9 Å². The highest BCUT2D eigenvalue weighted by atomic mass is 28.4. The van der Waals surface area contributed by atoms with Gasteiger partial charge in [0.05, 0.1) is 24.4 Å². The molecule has 25 heavy (non-hydrogen) atoms. The van der Waals surface area contributed by atoms with E-state index >= 15 is 0 Å². The number of rotatable bonds is 10. The van der Waals surface area contributed by atoms with Crippen LogP contribution in [-0.4, -0.2) is 40.1 Å². The van der Waals surface area contributed by atoms with Gasteiger partial charge in [-0.15, -0.1) is 0 Å². The smallest absolute Gasteiger partial charge is 0.395 e. The van der Waals surface area contributed by atoms with E-state index in [-0.39, 0.29) is 11.2 Å². The maximum absolute atomic E-state index is 6.23. The lowest BCUT2D eigenvalue weighted by Crippen LogP contribution is -2.42. The first-order chi connectivity index (χ1) is 11.5. The standard InChI is InChI=1S/C20H38O4Si/c1-9-11-18-17(2)16-23-25(8,24-18)15-10-12-20(5,6)22-14-13-19(3,4)21-7/h9,11H,10,12-16H2,1-8H3. The Kier molecular flexibility index (Phi) is 8.39. The van der Waals surface area contributed by atoms with E-state index in [1.54, 1.807) is 7.11 Å². The van der Waals surface area contributed by atoms with Crippen molar-refractivity contribution in [3.63, 3.8) is 0 Å². The van der Waals surface area contributed by atoms with Gasteiger partial charge in [0.25, 0.3) is 0 Å². The summed E-state index contributed by atoms with van der Waals surface area (Å²) in [7, 11) is -0.381. The highest BCUT2D eigenvalue weighted by Crippen LogP contribution is 2.30. The van der Waals surface area contributed by atoms with Gasteiger partial charge in [-0.05, 0) is 79.0 Å². The van der Waals surface area contributed by atoms with Gasteiger partial charge in [-0.2, -0.15) is 0 Å². The molecule has 0 bridgehead atoms. The van der Waals surface area contributed by atoms with Gasteiger partial charge in [0, 0.05) is 13.2 Å². The Morgan fingerprint density at radius 2 is 1.84 bits per heavy atom. The number of allylic oxidation sites excluding steroid dienone is 2. The molecule has 0 radical (unpaired) electrons. The molecular formula is C20H38O4Si. The van der Waals surface area contributed by atoms with Crippen LogP contribution in [0.5, 0.6) is 0 Å². The van der Waals surface area contributed by atoms with Crippen molar-refractivity contribution in [3.05, 3.63) is 23.5 Å². The maximum atomic E-state index is 6.23. The molecule has 0 amide bonds. The van der Waals surface area contributed by atoms with E-state index in [4.69, 9.17) is 18.3 Å². The summed E-state index contributed by atoms with van der Waals surface area (Å²) in [5.41, 5.74) is 0.905. The summed E-state index contributed by atoms with van der Waals surface area (Å²) < 4.78 is 23.9. The molecule has 0 fully saturated rings. The van der Waals surface area contributed by atoms with Crippen molar-refractivity contribution in [3.8, 4) is 0 Å². The fraction of sp³-hybridized carbons (Fsp3) is 0.800. The Labute approximate surface area is 155 Å². The predicted octanol–water partition coefficient (Wildman–Crippen LogP) is 5.35. The lowest BCUT2D eigenvalue weighted by molar-refractivity contribution is -0.0614. The summed E-state index contributed by atoms with van der Waals surface area (Å²) in [6, 6.07) is 0.984. The Bertz CT molecular complexity index is 482. The average molecular weight is 371 g/mol. The van der Waals surface area contributed by atoms with Crippen molar-refractivity contribution in [2.24, 2.45) is 0 Å². The Morgan fingerprint density at radius 3 is 2.44 bits per heavy atom. The molecule has 0 aromatic rings. The SMILES string of the molecule is CC=CC1=C(C)CO[Si](C)(CCCC(C)(C)OCCC(C)(C)OC)O1. The van der Waals surface area contributed by atoms with Crippen molar-refractivity contribution in [2.75, 3.05) is 20.3 Å². The molecule has 1 heterocycles. The van der Waals surface area contributed by atoms with E-state index in [2.05, 4.69) is 41.2 Å². The lowest BCUT2D eigenvalue weighted by Gasteiger charge is -2.34. The third-order valence-electron chi connectivity index (χ3n) is 4.82. The molecule has 1 rings (SSSR count). The van der Waals surface area contributed by atoms with E-state index in [9.17, 15) is 0 Å². The zero-order valence-electron chi connectivity index (χ0n) is 17.5. The monoisotopic (exact) mass is 370 g/mol. The van der Waals surface area contributed by atoms with Gasteiger partial charge in [0.2, 0.25) is 0 Å². The molecule has 146 valence electrons. The Hall–Kier alpha value is -0.623. The van der Waals surface area contributed by atoms with Crippen LogP contribution in [0, 0.1) is 0 Å². The summed E-state index contributed by atoms with van der Waals surface area (Å²) in [5, 5.41) is 0. The normalized spacial score (nSPS) is 22.6. The van der Waals surface area contributed by atoms with Crippen LogP contribution in [-0.2, 0) is 18.3 Å². The van der Waals surface area contributed by atoms with E-state index in [0.717, 1.165) is 31.1 Å². The molecule has 0 aromatic carbocycles. The second kappa shape index (κ2) is 9.35. The lowest BCUT2D eigenvalue weighted by atomic mass is 10.0. The molecule has 1 aliphatic heterocycles. The van der Waals surface area contributed by atoms with Gasteiger partial charge in [-0.1, -0.05) is 6.08 Å². The summed E-state index contributed by atoms with van der Waals surface area (Å²) in [6.45, 7) is 16.2. The Morgan fingerprint density at radius 1 is 1.16 bits per heavy atom. The summed E-state index contributed by atoms with van der Waals surface area (Å²) in [5.74, 6) is 1.00. The highest BCUT2D eigenvalue weighted by molar-refractivity contribution is 6.66. The molecule has 5 heteroatoms. The molecule has 0 saturated heterocycles. The summed E-state index contributed by atoms with van der Waals surface area (Å²) in [4.78, 5) is 0. The van der Waals surface area contributed by atoms with Crippen molar-refractivity contribution in [1.82, 2.24) is 0 Å². The average Bonchev–Trinajstić information content (AvgIpc) is 2.51. The minimum absolute atomic E-state index is 0.131. The Balaban J connectivity index is 2.42. The van der Waals surface area contributed by atoms with Crippen LogP contribution in [0.1, 0.15) is 60.8 Å². The number of ether oxygens (including phenoxy) is 2. The van der Waals surface area contributed by atoms with Crippen LogP contribution in [0.3, 0.4) is 0 Å². The highest BCUT2D eigenvalue weighted by Gasteiger charge is 2.37. The van der Waals surface area contributed by atoms with Crippen molar-refractivity contribution in [1.29, 1.82) is 0 Å². The molecule has 0 N–H and O–H groups in total. The largest absolute Gasteiger partial charge is 0.520 e. The first-order valence-electron chi connectivity index (χ1n) is 9.37. The summed E-state index contributed by atoms with van der Waals surface area (Å²) in [6.07, 6.45) is 7.01. The van der Waals surface area contributed by atoms with E-state index in [1.807, 2.05) is 19.1 Å². The van der Waals surface area contributed by atoms with Gasteiger partial charge in [-0.3, -0.25) is 0 Å². The first kappa shape index (κ1) is 22.4. The second-order valence-electron chi connectivity index (χ2n) is 8.34. The molecule has 0 aliphatic carbocycles. The molecule has 1 aliphatic rings. The van der Waals surface area contributed by atoms with Crippen molar-refractivity contribution in [2.45, 2.75) is 84.6 Å². The minimum Gasteiger partial charge on any atom is -0.520 e. The van der Waals surface area contributed by atoms with Crippen LogP contribution in [0.25, 0.3) is 0 Å². The molecule has 1 atom stereocenters. The fourth-order valence-corrected chi connectivity index (χ4v) is 5.07. The first-order valence-corrected chi connectivity index (χ1v) is 11.9. The van der Waals surface area contributed by atoms with E-state index in [1.165, 1.54) is 5.57 Å². The third kappa shape index (κ3) is 8.07. The zero-order chi connectivity index (χ0) is 19.1. The molecule has 1 unspecified atom stereocenters. The van der Waals surface area contributed by atoms with Crippen LogP contribution >= 0.6 is 0 Å². The number of hydrogen-bond acceptors (Lipinski definition) is 4.